The Morgan fingerprint density at radius 1 is 1.31 bits per heavy atom. The Hall–Kier alpha value is -0.820. The van der Waals surface area contributed by atoms with Crippen molar-refractivity contribution in [1.29, 1.82) is 0 Å². The van der Waals surface area contributed by atoms with Crippen molar-refractivity contribution in [1.82, 2.24) is 0 Å². The first-order valence-corrected chi connectivity index (χ1v) is 4.81. The number of hydrogen-bond acceptors (Lipinski definition) is 1. The molecule has 0 atom stereocenters. The van der Waals surface area contributed by atoms with E-state index in [-0.39, 0.29) is 5.78 Å². The first kappa shape index (κ1) is 8.76. The normalized spacial score (nSPS) is 14.8. The zero-order chi connectivity index (χ0) is 9.59. The summed E-state index contributed by atoms with van der Waals surface area (Å²) in [5.74, 6) is 0.245. The molecule has 0 N–H and O–H groups in total. The van der Waals surface area contributed by atoms with Gasteiger partial charge in [0.05, 0.1) is 0 Å². The van der Waals surface area contributed by atoms with E-state index in [1.807, 2.05) is 19.9 Å². The standard InChI is InChI=1S/C11H11ClO/c1-6-5-8-3-4-9(13)10(8)7(2)11(6)12/h5H,3-4H2,1-2H3. The lowest BCUT2D eigenvalue weighted by atomic mass is 10.0. The first-order valence-electron chi connectivity index (χ1n) is 4.43. The summed E-state index contributed by atoms with van der Waals surface area (Å²) in [6, 6.07) is 2.04. The second-order valence-corrected chi connectivity index (χ2v) is 3.97. The number of aryl methyl sites for hydroxylation is 2. The van der Waals surface area contributed by atoms with E-state index in [4.69, 9.17) is 11.6 Å². The van der Waals surface area contributed by atoms with Crippen LogP contribution in [0.1, 0.15) is 33.5 Å². The molecule has 2 rings (SSSR count). The quantitative estimate of drug-likeness (QED) is 0.621. The van der Waals surface area contributed by atoms with Crippen LogP contribution in [0.4, 0.5) is 0 Å². The van der Waals surface area contributed by atoms with Gasteiger partial charge in [-0.15, -0.1) is 0 Å². The average Bonchev–Trinajstić information content (AvgIpc) is 2.43. The lowest BCUT2D eigenvalue weighted by Gasteiger charge is -2.07. The second kappa shape index (κ2) is 2.85. The molecule has 0 radical (unpaired) electrons. The Bertz CT molecular complexity index is 394. The van der Waals surface area contributed by atoms with Crippen molar-refractivity contribution in [3.63, 3.8) is 0 Å². The maximum Gasteiger partial charge on any atom is 0.163 e. The van der Waals surface area contributed by atoms with Crippen LogP contribution in [0.25, 0.3) is 0 Å². The molecule has 1 aliphatic carbocycles. The summed E-state index contributed by atoms with van der Waals surface area (Å²) in [6.07, 6.45) is 1.53. The van der Waals surface area contributed by atoms with Gasteiger partial charge in [-0.1, -0.05) is 17.7 Å². The predicted molar refractivity (Wildman–Crippen MR) is 53.6 cm³/mol. The molecule has 0 amide bonds. The van der Waals surface area contributed by atoms with E-state index in [1.54, 1.807) is 0 Å². The third-order valence-electron chi connectivity index (χ3n) is 2.66. The Balaban J connectivity index is 2.75. The molecule has 0 bridgehead atoms. The topological polar surface area (TPSA) is 17.1 Å². The maximum absolute atomic E-state index is 11.5. The molecule has 2 heteroatoms. The fraction of sp³-hybridized carbons (Fsp3) is 0.364. The third kappa shape index (κ3) is 1.19. The molecule has 0 aliphatic heterocycles. The lowest BCUT2D eigenvalue weighted by Crippen LogP contribution is -1.97. The molecule has 0 aromatic heterocycles. The van der Waals surface area contributed by atoms with Crippen molar-refractivity contribution in [3.8, 4) is 0 Å². The molecule has 1 nitrogen and oxygen atoms in total. The van der Waals surface area contributed by atoms with Crippen LogP contribution >= 0.6 is 11.6 Å². The molecule has 68 valence electrons. The van der Waals surface area contributed by atoms with E-state index >= 15 is 0 Å². The summed E-state index contributed by atoms with van der Waals surface area (Å²) in [7, 11) is 0. The molecule has 0 spiro atoms. The van der Waals surface area contributed by atoms with Gasteiger partial charge in [0.2, 0.25) is 0 Å². The third-order valence-corrected chi connectivity index (χ3v) is 3.24. The van der Waals surface area contributed by atoms with Gasteiger partial charge in [-0.25, -0.2) is 0 Å². The highest BCUT2D eigenvalue weighted by Crippen LogP contribution is 2.32. The van der Waals surface area contributed by atoms with Crippen molar-refractivity contribution < 1.29 is 4.79 Å². The van der Waals surface area contributed by atoms with E-state index in [0.29, 0.717) is 6.42 Å². The van der Waals surface area contributed by atoms with Crippen molar-refractivity contribution in [2.75, 3.05) is 0 Å². The summed E-state index contributed by atoms with van der Waals surface area (Å²) >= 11 is 6.07. The monoisotopic (exact) mass is 194 g/mol. The van der Waals surface area contributed by atoms with Crippen molar-refractivity contribution in [2.24, 2.45) is 0 Å². The van der Waals surface area contributed by atoms with Gasteiger partial charge >= 0.3 is 0 Å². The summed E-state index contributed by atoms with van der Waals surface area (Å²) in [5.41, 5.74) is 4.08. The Morgan fingerprint density at radius 3 is 2.69 bits per heavy atom. The first-order chi connectivity index (χ1) is 6.11. The molecular formula is C11H11ClO. The van der Waals surface area contributed by atoms with Crippen LogP contribution in [0.5, 0.6) is 0 Å². The van der Waals surface area contributed by atoms with Crippen molar-refractivity contribution in [3.05, 3.63) is 33.3 Å². The highest BCUT2D eigenvalue weighted by Gasteiger charge is 2.23. The highest BCUT2D eigenvalue weighted by molar-refractivity contribution is 6.32. The summed E-state index contributed by atoms with van der Waals surface area (Å²) < 4.78 is 0. The van der Waals surface area contributed by atoms with E-state index in [9.17, 15) is 4.79 Å². The molecule has 1 aromatic rings. The number of fused-ring (bicyclic) bond motifs is 1. The van der Waals surface area contributed by atoms with Gasteiger partial charge in [0.15, 0.2) is 5.78 Å². The van der Waals surface area contributed by atoms with Crippen molar-refractivity contribution in [2.45, 2.75) is 26.7 Å². The maximum atomic E-state index is 11.5. The Morgan fingerprint density at radius 2 is 2.00 bits per heavy atom. The van der Waals surface area contributed by atoms with Gasteiger partial charge < -0.3 is 0 Å². The molecule has 0 heterocycles. The molecular weight excluding hydrogens is 184 g/mol. The van der Waals surface area contributed by atoms with E-state index in [0.717, 1.165) is 28.1 Å². The minimum absolute atomic E-state index is 0.245. The number of rotatable bonds is 0. The number of benzene rings is 1. The predicted octanol–water partition coefficient (Wildman–Crippen LogP) is 3.09. The van der Waals surface area contributed by atoms with E-state index in [1.165, 1.54) is 5.56 Å². The van der Waals surface area contributed by atoms with Gasteiger partial charge in [0.1, 0.15) is 0 Å². The zero-order valence-electron chi connectivity index (χ0n) is 7.78. The summed E-state index contributed by atoms with van der Waals surface area (Å²) in [6.45, 7) is 3.91. The fourth-order valence-corrected chi connectivity index (χ4v) is 2.15. The molecule has 0 unspecified atom stereocenters. The van der Waals surface area contributed by atoms with Crippen LogP contribution in [0.3, 0.4) is 0 Å². The number of Topliss-reactive ketones (excluding diaryl/α,β-unsaturated/α-hetero) is 1. The van der Waals surface area contributed by atoms with Crippen LogP contribution in [0.2, 0.25) is 5.02 Å². The van der Waals surface area contributed by atoms with Gasteiger partial charge in [0.25, 0.3) is 0 Å². The Labute approximate surface area is 82.7 Å². The van der Waals surface area contributed by atoms with Gasteiger partial charge in [-0.3, -0.25) is 4.79 Å². The molecule has 1 aromatic carbocycles. The van der Waals surface area contributed by atoms with Gasteiger partial charge in [-0.2, -0.15) is 0 Å². The summed E-state index contributed by atoms with van der Waals surface area (Å²) in [4.78, 5) is 11.5. The second-order valence-electron chi connectivity index (χ2n) is 3.59. The molecule has 1 aliphatic rings. The number of carbonyl (C=O) groups excluding carboxylic acids is 1. The van der Waals surface area contributed by atoms with Crippen LogP contribution in [-0.4, -0.2) is 5.78 Å². The Kier molecular flexibility index (Phi) is 1.92. The number of ketones is 1. The fourth-order valence-electron chi connectivity index (χ4n) is 2.00. The van der Waals surface area contributed by atoms with Gasteiger partial charge in [-0.05, 0) is 37.0 Å². The zero-order valence-corrected chi connectivity index (χ0v) is 8.53. The van der Waals surface area contributed by atoms with Crippen LogP contribution in [-0.2, 0) is 6.42 Å². The molecule has 0 saturated heterocycles. The van der Waals surface area contributed by atoms with E-state index in [2.05, 4.69) is 0 Å². The molecule has 0 fully saturated rings. The molecule has 13 heavy (non-hydrogen) atoms. The average molecular weight is 195 g/mol. The van der Waals surface area contributed by atoms with Crippen molar-refractivity contribution >= 4 is 17.4 Å². The van der Waals surface area contributed by atoms with E-state index < -0.39 is 0 Å². The number of halogens is 1. The number of carbonyl (C=O) groups is 1. The highest BCUT2D eigenvalue weighted by atomic mass is 35.5. The smallest absolute Gasteiger partial charge is 0.163 e. The largest absolute Gasteiger partial charge is 0.294 e. The van der Waals surface area contributed by atoms with Crippen LogP contribution in [0.15, 0.2) is 6.07 Å². The lowest BCUT2D eigenvalue weighted by molar-refractivity contribution is 0.0994. The SMILES string of the molecule is Cc1cc2c(c(C)c1Cl)C(=O)CC2. The minimum Gasteiger partial charge on any atom is -0.294 e. The van der Waals surface area contributed by atoms with Gasteiger partial charge in [0, 0.05) is 17.0 Å². The molecule has 0 saturated carbocycles. The minimum atomic E-state index is 0.245. The van der Waals surface area contributed by atoms with Crippen LogP contribution in [0, 0.1) is 13.8 Å². The number of hydrogen-bond donors (Lipinski definition) is 0. The summed E-state index contributed by atoms with van der Waals surface area (Å²) in [5, 5.41) is 0.744. The van der Waals surface area contributed by atoms with Crippen LogP contribution < -0.4 is 0 Å².